The van der Waals surface area contributed by atoms with Crippen LogP contribution in [0.2, 0.25) is 0 Å². The van der Waals surface area contributed by atoms with Gasteiger partial charge < -0.3 is 5.32 Å². The van der Waals surface area contributed by atoms with Gasteiger partial charge in [0.25, 0.3) is 5.91 Å². The quantitative estimate of drug-likeness (QED) is 0.646. The number of amides is 3. The Morgan fingerprint density at radius 2 is 2.27 bits per heavy atom. The number of carbonyl (C=O) groups is 2. The number of hydrogen-bond donors (Lipinski definition) is 2. The lowest BCUT2D eigenvalue weighted by Gasteiger charge is -2.30. The number of urea groups is 1. The van der Waals surface area contributed by atoms with Gasteiger partial charge in [-0.1, -0.05) is 0 Å². The van der Waals surface area contributed by atoms with Crippen LogP contribution in [-0.4, -0.2) is 11.9 Å². The highest BCUT2D eigenvalue weighted by molar-refractivity contribution is 7.10. The van der Waals surface area contributed by atoms with Crippen molar-refractivity contribution >= 4 is 23.3 Å². The third-order valence-electron chi connectivity index (χ3n) is 3.10. The number of fused-ring (bicyclic) bond motifs is 2. The summed E-state index contributed by atoms with van der Waals surface area (Å²) in [5.74, 6) is -0.202. The van der Waals surface area contributed by atoms with Crippen LogP contribution in [0.1, 0.15) is 23.3 Å². The molecule has 0 radical (unpaired) electrons. The van der Waals surface area contributed by atoms with Crippen LogP contribution < -0.4 is 10.6 Å². The Morgan fingerprint density at radius 3 is 3.00 bits per heavy atom. The minimum Gasteiger partial charge on any atom is -0.319 e. The fourth-order valence-electron chi connectivity index (χ4n) is 2.42. The summed E-state index contributed by atoms with van der Waals surface area (Å²) in [7, 11) is 0. The molecule has 0 saturated carbocycles. The van der Waals surface area contributed by atoms with Crippen LogP contribution in [0.25, 0.3) is 0 Å². The van der Waals surface area contributed by atoms with Crippen molar-refractivity contribution in [1.29, 1.82) is 0 Å². The molecule has 3 rings (SSSR count). The minimum absolute atomic E-state index is 0.202. The van der Waals surface area contributed by atoms with E-state index in [0.717, 1.165) is 18.4 Å². The van der Waals surface area contributed by atoms with Gasteiger partial charge in [0.05, 0.1) is 0 Å². The van der Waals surface area contributed by atoms with E-state index in [1.807, 2.05) is 11.4 Å². The average Bonchev–Trinajstić information content (AvgIpc) is 2.74. The van der Waals surface area contributed by atoms with Crippen LogP contribution in [-0.2, 0) is 16.8 Å². The van der Waals surface area contributed by atoms with Crippen molar-refractivity contribution in [2.75, 3.05) is 0 Å². The van der Waals surface area contributed by atoms with E-state index in [2.05, 4.69) is 10.6 Å². The maximum atomic E-state index is 11.8. The van der Waals surface area contributed by atoms with E-state index in [-0.39, 0.29) is 11.9 Å². The van der Waals surface area contributed by atoms with Gasteiger partial charge >= 0.3 is 6.03 Å². The predicted octanol–water partition coefficient (Wildman–Crippen LogP) is 1.12. The fraction of sp³-hybridized carbons (Fsp3) is 0.400. The molecule has 78 valence electrons. The third-order valence-corrected chi connectivity index (χ3v) is 4.08. The predicted molar refractivity (Wildman–Crippen MR) is 55.6 cm³/mol. The van der Waals surface area contributed by atoms with Gasteiger partial charge in [0.2, 0.25) is 0 Å². The Bertz CT molecular complexity index is 454. The standard InChI is InChI=1S/C10H10N2O2S/c13-8-10(12-9(14)11-8)4-1-2-7-6(10)3-5-15-7/h3,5H,1-2,4H2,(H2,11,12,13,14). The summed E-state index contributed by atoms with van der Waals surface area (Å²) in [6, 6.07) is 1.57. The molecule has 0 bridgehead atoms. The molecule has 1 unspecified atom stereocenters. The van der Waals surface area contributed by atoms with Crippen molar-refractivity contribution in [1.82, 2.24) is 10.6 Å². The van der Waals surface area contributed by atoms with Gasteiger partial charge in [-0.2, -0.15) is 0 Å². The molecule has 1 spiro atoms. The summed E-state index contributed by atoms with van der Waals surface area (Å²) in [6.45, 7) is 0. The van der Waals surface area contributed by atoms with Crippen molar-refractivity contribution in [2.24, 2.45) is 0 Å². The van der Waals surface area contributed by atoms with Crippen LogP contribution >= 0.6 is 11.3 Å². The second kappa shape index (κ2) is 2.82. The zero-order valence-corrected chi connectivity index (χ0v) is 8.82. The van der Waals surface area contributed by atoms with Crippen LogP contribution in [0.3, 0.4) is 0 Å². The second-order valence-corrected chi connectivity index (χ2v) is 4.93. The van der Waals surface area contributed by atoms with Crippen LogP contribution in [0.15, 0.2) is 11.4 Å². The topological polar surface area (TPSA) is 58.2 Å². The minimum atomic E-state index is -0.773. The molecule has 0 aromatic carbocycles. The molecule has 1 aliphatic heterocycles. The van der Waals surface area contributed by atoms with Crippen molar-refractivity contribution in [3.05, 3.63) is 21.9 Å². The molecule has 1 aromatic rings. The largest absolute Gasteiger partial charge is 0.322 e. The van der Waals surface area contributed by atoms with Gasteiger partial charge in [-0.25, -0.2) is 4.79 Å². The van der Waals surface area contributed by atoms with Gasteiger partial charge in [-0.05, 0) is 30.7 Å². The molecule has 15 heavy (non-hydrogen) atoms. The van der Waals surface area contributed by atoms with Crippen LogP contribution in [0.4, 0.5) is 4.79 Å². The smallest absolute Gasteiger partial charge is 0.319 e. The zero-order valence-electron chi connectivity index (χ0n) is 8.00. The lowest BCUT2D eigenvalue weighted by molar-refractivity contribution is -0.124. The lowest BCUT2D eigenvalue weighted by Crippen LogP contribution is -2.45. The first-order valence-electron chi connectivity index (χ1n) is 4.93. The van der Waals surface area contributed by atoms with Gasteiger partial charge in [-0.3, -0.25) is 10.1 Å². The van der Waals surface area contributed by atoms with E-state index in [1.54, 1.807) is 11.3 Å². The zero-order chi connectivity index (χ0) is 10.5. The Morgan fingerprint density at radius 1 is 1.40 bits per heavy atom. The Balaban J connectivity index is 2.15. The van der Waals surface area contributed by atoms with Gasteiger partial charge in [0.15, 0.2) is 0 Å². The normalized spacial score (nSPS) is 28.8. The van der Waals surface area contributed by atoms with Gasteiger partial charge in [-0.15, -0.1) is 11.3 Å². The second-order valence-electron chi connectivity index (χ2n) is 3.92. The van der Waals surface area contributed by atoms with Crippen LogP contribution in [0, 0.1) is 0 Å². The summed E-state index contributed by atoms with van der Waals surface area (Å²) in [5, 5.41) is 7.07. The molecule has 2 aliphatic rings. The summed E-state index contributed by atoms with van der Waals surface area (Å²) in [5.41, 5.74) is 0.215. The molecule has 4 nitrogen and oxygen atoms in total. The molecule has 2 heterocycles. The van der Waals surface area contributed by atoms with Crippen molar-refractivity contribution in [2.45, 2.75) is 24.8 Å². The monoisotopic (exact) mass is 222 g/mol. The molecular formula is C10H10N2O2S. The van der Waals surface area contributed by atoms with Gasteiger partial charge in [0.1, 0.15) is 5.54 Å². The first-order valence-corrected chi connectivity index (χ1v) is 5.81. The highest BCUT2D eigenvalue weighted by Gasteiger charge is 2.50. The number of hydrogen-bond acceptors (Lipinski definition) is 3. The van der Waals surface area contributed by atoms with E-state index in [0.29, 0.717) is 6.42 Å². The van der Waals surface area contributed by atoms with E-state index in [1.165, 1.54) is 4.88 Å². The maximum absolute atomic E-state index is 11.8. The first kappa shape index (κ1) is 8.91. The average molecular weight is 222 g/mol. The molecule has 3 amide bonds. The molecule has 5 heteroatoms. The molecule has 1 fully saturated rings. The molecule has 2 N–H and O–H groups in total. The van der Waals surface area contributed by atoms with Crippen molar-refractivity contribution < 1.29 is 9.59 Å². The van der Waals surface area contributed by atoms with E-state index < -0.39 is 5.54 Å². The van der Waals surface area contributed by atoms with Crippen molar-refractivity contribution in [3.63, 3.8) is 0 Å². The Labute approximate surface area is 90.7 Å². The lowest BCUT2D eigenvalue weighted by atomic mass is 9.80. The number of carbonyl (C=O) groups excluding carboxylic acids is 2. The molecule has 1 atom stereocenters. The number of nitrogens with one attached hydrogen (secondary N) is 2. The number of rotatable bonds is 0. The number of aryl methyl sites for hydroxylation is 1. The molecule has 1 aliphatic carbocycles. The maximum Gasteiger partial charge on any atom is 0.322 e. The SMILES string of the molecule is O=C1NC(=O)C2(CCCc3sccc32)N1. The molecular weight excluding hydrogens is 212 g/mol. The molecule has 1 aromatic heterocycles. The van der Waals surface area contributed by atoms with E-state index in [9.17, 15) is 9.59 Å². The highest BCUT2D eigenvalue weighted by atomic mass is 32.1. The number of imide groups is 1. The first-order chi connectivity index (χ1) is 7.22. The Kier molecular flexibility index (Phi) is 1.68. The third kappa shape index (κ3) is 1.07. The van der Waals surface area contributed by atoms with E-state index >= 15 is 0 Å². The fourth-order valence-corrected chi connectivity index (χ4v) is 3.42. The van der Waals surface area contributed by atoms with Gasteiger partial charge in [0, 0.05) is 10.4 Å². The highest BCUT2D eigenvalue weighted by Crippen LogP contribution is 2.39. The Hall–Kier alpha value is -1.36. The summed E-state index contributed by atoms with van der Waals surface area (Å²) < 4.78 is 0. The summed E-state index contributed by atoms with van der Waals surface area (Å²) in [6.07, 6.45) is 2.66. The summed E-state index contributed by atoms with van der Waals surface area (Å²) in [4.78, 5) is 24.3. The van der Waals surface area contributed by atoms with Crippen molar-refractivity contribution in [3.8, 4) is 0 Å². The number of thiophene rings is 1. The van der Waals surface area contributed by atoms with E-state index in [4.69, 9.17) is 0 Å². The summed E-state index contributed by atoms with van der Waals surface area (Å²) >= 11 is 1.66. The molecule has 1 saturated heterocycles. The van der Waals surface area contributed by atoms with Crippen LogP contribution in [0.5, 0.6) is 0 Å².